The summed E-state index contributed by atoms with van der Waals surface area (Å²) in [5.74, 6) is -0.237. The van der Waals surface area contributed by atoms with Crippen LogP contribution in [0.4, 0.5) is 0 Å². The van der Waals surface area contributed by atoms with Crippen LogP contribution in [0.3, 0.4) is 0 Å². The van der Waals surface area contributed by atoms with Gasteiger partial charge < -0.3 is 14.2 Å². The van der Waals surface area contributed by atoms with Gasteiger partial charge in [0.2, 0.25) is 0 Å². The van der Waals surface area contributed by atoms with Gasteiger partial charge in [-0.1, -0.05) is 30.3 Å². The third-order valence-corrected chi connectivity index (χ3v) is 6.22. The Morgan fingerprint density at radius 3 is 2.56 bits per heavy atom. The van der Waals surface area contributed by atoms with Gasteiger partial charge in [-0.3, -0.25) is 9.59 Å². The Labute approximate surface area is 188 Å². The van der Waals surface area contributed by atoms with E-state index in [-0.39, 0.29) is 11.9 Å². The van der Waals surface area contributed by atoms with Gasteiger partial charge >= 0.3 is 5.97 Å². The van der Waals surface area contributed by atoms with Gasteiger partial charge in [0.1, 0.15) is 0 Å². The van der Waals surface area contributed by atoms with Crippen molar-refractivity contribution in [1.29, 1.82) is 0 Å². The minimum absolute atomic E-state index is 0.0461. The highest BCUT2D eigenvalue weighted by Crippen LogP contribution is 2.37. The van der Waals surface area contributed by atoms with Crippen molar-refractivity contribution in [3.8, 4) is 5.69 Å². The maximum absolute atomic E-state index is 13.3. The molecule has 1 aliphatic rings. The monoisotopic (exact) mass is 431 g/mol. The van der Waals surface area contributed by atoms with Crippen LogP contribution in [0.15, 0.2) is 73.3 Å². The van der Waals surface area contributed by atoms with Crippen LogP contribution in [0.1, 0.15) is 42.1 Å². The van der Waals surface area contributed by atoms with E-state index in [1.807, 2.05) is 65.1 Å². The number of imidazole rings is 1. The topological polar surface area (TPSA) is 64.4 Å². The van der Waals surface area contributed by atoms with Crippen LogP contribution in [0, 0.1) is 5.41 Å². The number of aromatic nitrogens is 2. The second-order valence-electron chi connectivity index (χ2n) is 8.33. The molecule has 6 nitrogen and oxygen atoms in total. The number of benzene rings is 2. The molecule has 0 radical (unpaired) electrons. The molecule has 4 rings (SSSR count). The van der Waals surface area contributed by atoms with Crippen LogP contribution in [0.25, 0.3) is 5.69 Å². The maximum atomic E-state index is 13.3. The van der Waals surface area contributed by atoms with Gasteiger partial charge in [0, 0.05) is 36.7 Å². The van der Waals surface area contributed by atoms with Gasteiger partial charge in [0.15, 0.2) is 0 Å². The highest BCUT2D eigenvalue weighted by Gasteiger charge is 2.44. The van der Waals surface area contributed by atoms with E-state index in [0.717, 1.165) is 24.9 Å². The van der Waals surface area contributed by atoms with E-state index < -0.39 is 5.41 Å². The van der Waals surface area contributed by atoms with Crippen LogP contribution in [0.5, 0.6) is 0 Å². The summed E-state index contributed by atoms with van der Waals surface area (Å²) in [7, 11) is 0. The standard InChI is InChI=1S/C26H29N3O3/c1-2-32-25(31)26(15-13-21-7-4-3-5-8-21)14-6-17-28(19-26)24(30)22-9-11-23(12-10-22)29-18-16-27-20-29/h3-5,7-12,16,18,20H,2,6,13-15,17,19H2,1H3/t26-/m1/s1. The third-order valence-electron chi connectivity index (χ3n) is 6.22. The van der Waals surface area contributed by atoms with Gasteiger partial charge in [-0.2, -0.15) is 0 Å². The van der Waals surface area contributed by atoms with Crippen molar-refractivity contribution < 1.29 is 14.3 Å². The number of likely N-dealkylation sites (tertiary alicyclic amines) is 1. The van der Waals surface area contributed by atoms with Crippen molar-refractivity contribution in [2.24, 2.45) is 5.41 Å². The van der Waals surface area contributed by atoms with Crippen LogP contribution in [-0.4, -0.2) is 46.0 Å². The van der Waals surface area contributed by atoms with E-state index in [4.69, 9.17) is 4.74 Å². The molecular formula is C26H29N3O3. The van der Waals surface area contributed by atoms with E-state index in [1.54, 1.807) is 12.5 Å². The maximum Gasteiger partial charge on any atom is 0.313 e. The van der Waals surface area contributed by atoms with Crippen LogP contribution in [-0.2, 0) is 16.0 Å². The molecule has 1 amide bonds. The summed E-state index contributed by atoms with van der Waals surface area (Å²) in [5.41, 5.74) is 2.09. The molecule has 1 aromatic heterocycles. The normalized spacial score (nSPS) is 18.3. The highest BCUT2D eigenvalue weighted by atomic mass is 16.5. The van der Waals surface area contributed by atoms with Crippen molar-refractivity contribution in [1.82, 2.24) is 14.5 Å². The predicted molar refractivity (Wildman–Crippen MR) is 123 cm³/mol. The number of piperidine rings is 1. The highest BCUT2D eigenvalue weighted by molar-refractivity contribution is 5.95. The molecule has 2 heterocycles. The molecule has 1 atom stereocenters. The largest absolute Gasteiger partial charge is 0.466 e. The lowest BCUT2D eigenvalue weighted by molar-refractivity contribution is -0.159. The number of aryl methyl sites for hydroxylation is 1. The first-order chi connectivity index (χ1) is 15.6. The van der Waals surface area contributed by atoms with Crippen molar-refractivity contribution in [3.05, 3.63) is 84.4 Å². The summed E-state index contributed by atoms with van der Waals surface area (Å²) in [4.78, 5) is 32.2. The van der Waals surface area contributed by atoms with E-state index in [2.05, 4.69) is 17.1 Å². The first-order valence-corrected chi connectivity index (χ1v) is 11.2. The summed E-state index contributed by atoms with van der Waals surface area (Å²) in [6.45, 7) is 3.21. The average molecular weight is 432 g/mol. The first-order valence-electron chi connectivity index (χ1n) is 11.2. The number of hydrogen-bond donors (Lipinski definition) is 0. The molecule has 1 aliphatic heterocycles. The Morgan fingerprint density at radius 1 is 1.09 bits per heavy atom. The number of hydrogen-bond acceptors (Lipinski definition) is 4. The molecule has 1 fully saturated rings. The fourth-order valence-electron chi connectivity index (χ4n) is 4.46. The molecule has 0 spiro atoms. The molecule has 0 saturated carbocycles. The Kier molecular flexibility index (Phi) is 6.69. The van der Waals surface area contributed by atoms with Gasteiger partial charge in [-0.25, -0.2) is 4.98 Å². The van der Waals surface area contributed by atoms with Crippen LogP contribution in [0.2, 0.25) is 0 Å². The summed E-state index contributed by atoms with van der Waals surface area (Å²) >= 11 is 0. The second-order valence-corrected chi connectivity index (χ2v) is 8.33. The van der Waals surface area contributed by atoms with E-state index >= 15 is 0 Å². The van der Waals surface area contributed by atoms with Crippen molar-refractivity contribution in [2.75, 3.05) is 19.7 Å². The zero-order chi connectivity index (χ0) is 22.4. The van der Waals surface area contributed by atoms with Crippen molar-refractivity contribution >= 4 is 11.9 Å². The quantitative estimate of drug-likeness (QED) is 0.524. The number of amides is 1. The fraction of sp³-hybridized carbons (Fsp3) is 0.346. The number of esters is 1. The predicted octanol–water partition coefficient (Wildman–Crippen LogP) is 4.29. The van der Waals surface area contributed by atoms with Gasteiger partial charge in [-0.05, 0) is 62.4 Å². The second kappa shape index (κ2) is 9.81. The molecule has 0 N–H and O–H groups in total. The molecule has 32 heavy (non-hydrogen) atoms. The molecule has 3 aromatic rings. The van der Waals surface area contributed by atoms with E-state index in [1.165, 1.54) is 5.56 Å². The molecule has 0 bridgehead atoms. The first kappa shape index (κ1) is 21.8. The van der Waals surface area contributed by atoms with Gasteiger partial charge in [0.05, 0.1) is 18.3 Å². The zero-order valence-corrected chi connectivity index (χ0v) is 18.4. The van der Waals surface area contributed by atoms with E-state index in [0.29, 0.717) is 31.7 Å². The number of rotatable bonds is 7. The summed E-state index contributed by atoms with van der Waals surface area (Å²) in [6.07, 6.45) is 8.27. The zero-order valence-electron chi connectivity index (χ0n) is 18.4. The van der Waals surface area contributed by atoms with Crippen molar-refractivity contribution in [2.45, 2.75) is 32.6 Å². The van der Waals surface area contributed by atoms with Crippen LogP contribution >= 0.6 is 0 Å². The van der Waals surface area contributed by atoms with Gasteiger partial charge in [0.25, 0.3) is 5.91 Å². The van der Waals surface area contributed by atoms with Crippen molar-refractivity contribution in [3.63, 3.8) is 0 Å². The number of carbonyl (C=O) groups excluding carboxylic acids is 2. The number of nitrogens with zero attached hydrogens (tertiary/aromatic N) is 3. The fourth-order valence-corrected chi connectivity index (χ4v) is 4.46. The molecule has 6 heteroatoms. The molecular weight excluding hydrogens is 402 g/mol. The SMILES string of the molecule is CCOC(=O)[C@@]1(CCc2ccccc2)CCCN(C(=O)c2ccc(-n3ccnc3)cc2)C1. The smallest absolute Gasteiger partial charge is 0.313 e. The minimum Gasteiger partial charge on any atom is -0.466 e. The Bertz CT molecular complexity index is 1030. The lowest BCUT2D eigenvalue weighted by atomic mass is 9.75. The average Bonchev–Trinajstić information content (AvgIpc) is 3.38. The summed E-state index contributed by atoms with van der Waals surface area (Å²) < 4.78 is 7.37. The Morgan fingerprint density at radius 2 is 1.88 bits per heavy atom. The Hall–Kier alpha value is -3.41. The molecule has 1 saturated heterocycles. The summed E-state index contributed by atoms with van der Waals surface area (Å²) in [5, 5.41) is 0. The Balaban J connectivity index is 1.51. The third kappa shape index (κ3) is 4.74. The van der Waals surface area contributed by atoms with Gasteiger partial charge in [-0.15, -0.1) is 0 Å². The number of ether oxygens (including phenoxy) is 1. The number of carbonyl (C=O) groups is 2. The lowest BCUT2D eigenvalue weighted by Gasteiger charge is -2.41. The minimum atomic E-state index is -0.670. The molecule has 0 unspecified atom stereocenters. The lowest BCUT2D eigenvalue weighted by Crippen LogP contribution is -2.50. The van der Waals surface area contributed by atoms with Crippen LogP contribution < -0.4 is 0 Å². The molecule has 0 aliphatic carbocycles. The molecule has 166 valence electrons. The molecule has 2 aromatic carbocycles. The summed E-state index contributed by atoms with van der Waals surface area (Å²) in [6, 6.07) is 17.7. The van der Waals surface area contributed by atoms with E-state index in [9.17, 15) is 9.59 Å².